The number of hydrogen-bond acceptors (Lipinski definition) is 5. The Kier molecular flexibility index (Phi) is 7.74. The molecule has 0 unspecified atom stereocenters. The van der Waals surface area contributed by atoms with E-state index in [0.717, 1.165) is 50.0 Å². The van der Waals surface area contributed by atoms with Crippen LogP contribution >= 0.6 is 11.3 Å². The molecule has 0 atom stereocenters. The van der Waals surface area contributed by atoms with Crippen LogP contribution in [-0.4, -0.2) is 17.1 Å². The van der Waals surface area contributed by atoms with E-state index < -0.39 is 0 Å². The van der Waals surface area contributed by atoms with Gasteiger partial charge >= 0.3 is 0 Å². The van der Waals surface area contributed by atoms with Crippen LogP contribution in [-0.2, 0) is 0 Å². The topological polar surface area (TPSA) is 49.1 Å². The van der Waals surface area contributed by atoms with Gasteiger partial charge in [0.15, 0.2) is 0 Å². The quantitative estimate of drug-likeness (QED) is 0.172. The number of anilines is 1. The second kappa shape index (κ2) is 11.9. The highest BCUT2D eigenvalue weighted by Gasteiger charge is 2.11. The maximum absolute atomic E-state index is 4.82. The molecular formula is C32H26N4S. The van der Waals surface area contributed by atoms with Gasteiger partial charge in [-0.2, -0.15) is 10.2 Å². The largest absolute Gasteiger partial charge is 0.276 e. The van der Waals surface area contributed by atoms with Crippen molar-refractivity contribution < 1.29 is 0 Å². The average Bonchev–Trinajstić information content (AvgIpc) is 3.44. The van der Waals surface area contributed by atoms with E-state index in [1.54, 1.807) is 11.3 Å². The van der Waals surface area contributed by atoms with Gasteiger partial charge in [-0.1, -0.05) is 121 Å². The zero-order valence-electron chi connectivity index (χ0n) is 20.5. The monoisotopic (exact) mass is 498 g/mol. The van der Waals surface area contributed by atoms with E-state index in [4.69, 9.17) is 10.2 Å². The van der Waals surface area contributed by atoms with Gasteiger partial charge in [0.05, 0.1) is 22.0 Å². The summed E-state index contributed by atoms with van der Waals surface area (Å²) in [5.74, 6) is 0. The molecule has 0 aliphatic heterocycles. The Morgan fingerprint density at radius 3 is 1.43 bits per heavy atom. The van der Waals surface area contributed by atoms with Crippen molar-refractivity contribution in [1.82, 2.24) is 0 Å². The van der Waals surface area contributed by atoms with E-state index >= 15 is 0 Å². The minimum atomic E-state index is 0.818. The summed E-state index contributed by atoms with van der Waals surface area (Å²) in [4.78, 5) is 0.994. The van der Waals surface area contributed by atoms with E-state index in [9.17, 15) is 0 Å². The van der Waals surface area contributed by atoms with Crippen LogP contribution < -0.4 is 5.43 Å². The lowest BCUT2D eigenvalue weighted by atomic mass is 10.0. The van der Waals surface area contributed by atoms with Crippen molar-refractivity contribution in [3.63, 3.8) is 0 Å². The molecule has 37 heavy (non-hydrogen) atoms. The van der Waals surface area contributed by atoms with E-state index in [2.05, 4.69) is 59.1 Å². The van der Waals surface area contributed by atoms with Crippen molar-refractivity contribution in [3.05, 3.63) is 160 Å². The maximum atomic E-state index is 4.82. The lowest BCUT2D eigenvalue weighted by molar-refractivity contribution is 1.22. The van der Waals surface area contributed by atoms with E-state index in [1.807, 2.05) is 91.2 Å². The summed E-state index contributed by atoms with van der Waals surface area (Å²) in [5, 5.41) is 16.2. The Hall–Kier alpha value is -4.61. The third-order valence-electron chi connectivity index (χ3n) is 5.77. The van der Waals surface area contributed by atoms with E-state index in [-0.39, 0.29) is 0 Å². The Morgan fingerprint density at radius 2 is 0.973 bits per heavy atom. The predicted molar refractivity (Wildman–Crippen MR) is 157 cm³/mol. The molecule has 0 aliphatic carbocycles. The molecule has 4 aromatic carbocycles. The first-order valence-corrected chi connectivity index (χ1v) is 12.9. The molecule has 1 heterocycles. The van der Waals surface area contributed by atoms with Crippen molar-refractivity contribution in [1.29, 1.82) is 0 Å². The first-order valence-electron chi connectivity index (χ1n) is 12.0. The number of thiophene rings is 1. The molecule has 5 heteroatoms. The molecular weight excluding hydrogens is 472 g/mol. The zero-order valence-corrected chi connectivity index (χ0v) is 21.3. The molecule has 0 spiro atoms. The second-order valence-corrected chi connectivity index (χ2v) is 9.25. The lowest BCUT2D eigenvalue weighted by Gasteiger charge is -2.09. The molecule has 0 saturated heterocycles. The summed E-state index contributed by atoms with van der Waals surface area (Å²) in [6, 6.07) is 42.7. The van der Waals surface area contributed by atoms with Gasteiger partial charge in [-0.25, -0.2) is 0 Å². The van der Waals surface area contributed by atoms with E-state index in [0.29, 0.717) is 0 Å². The molecule has 0 saturated carbocycles. The third-order valence-corrected chi connectivity index (χ3v) is 6.79. The van der Waals surface area contributed by atoms with Gasteiger partial charge in [-0.05, 0) is 18.4 Å². The number of hydrogen-bond donors (Lipinski definition) is 1. The summed E-state index contributed by atoms with van der Waals surface area (Å²) < 4.78 is 0. The van der Waals surface area contributed by atoms with Crippen molar-refractivity contribution in [3.8, 4) is 0 Å². The smallest absolute Gasteiger partial charge is 0.100 e. The van der Waals surface area contributed by atoms with Gasteiger partial charge in [0.2, 0.25) is 0 Å². The Bertz CT molecular complexity index is 1440. The highest BCUT2D eigenvalue weighted by molar-refractivity contribution is 7.12. The minimum absolute atomic E-state index is 0.818. The summed E-state index contributed by atoms with van der Waals surface area (Å²) >= 11 is 1.61. The van der Waals surface area contributed by atoms with Crippen LogP contribution in [0.25, 0.3) is 0 Å². The predicted octanol–water partition coefficient (Wildman–Crippen LogP) is 7.87. The molecule has 1 N–H and O–H groups in total. The number of nitrogens with one attached hydrogen (secondary N) is 1. The number of rotatable bonds is 8. The molecule has 0 bridgehead atoms. The van der Waals surface area contributed by atoms with Gasteiger partial charge in [-0.15, -0.1) is 16.4 Å². The first kappa shape index (κ1) is 24.1. The Labute approximate surface area is 221 Å². The van der Waals surface area contributed by atoms with Gasteiger partial charge in [-0.3, -0.25) is 5.43 Å². The van der Waals surface area contributed by atoms with Gasteiger partial charge in [0.25, 0.3) is 0 Å². The van der Waals surface area contributed by atoms with Crippen LogP contribution in [0.1, 0.15) is 34.1 Å². The van der Waals surface area contributed by atoms with E-state index in [1.165, 1.54) is 0 Å². The third kappa shape index (κ3) is 5.97. The fourth-order valence-corrected chi connectivity index (χ4v) is 4.72. The summed E-state index contributed by atoms with van der Waals surface area (Å²) in [6.45, 7) is 1.98. The molecule has 5 aromatic rings. The first-order chi connectivity index (χ1) is 18.3. The van der Waals surface area contributed by atoms with Crippen LogP contribution in [0.15, 0.2) is 148 Å². The minimum Gasteiger partial charge on any atom is -0.276 e. The van der Waals surface area contributed by atoms with Crippen molar-refractivity contribution in [2.24, 2.45) is 15.3 Å². The van der Waals surface area contributed by atoms with Crippen molar-refractivity contribution in [2.75, 3.05) is 5.43 Å². The fourth-order valence-electron chi connectivity index (χ4n) is 3.93. The number of hydrazone groups is 1. The molecule has 180 valence electrons. The van der Waals surface area contributed by atoms with Crippen molar-refractivity contribution >= 4 is 34.2 Å². The Morgan fingerprint density at radius 1 is 0.541 bits per heavy atom. The number of nitrogens with zero attached hydrogens (tertiary/aromatic N) is 3. The highest BCUT2D eigenvalue weighted by Crippen LogP contribution is 2.24. The normalized spacial score (nSPS) is 11.0. The Balaban J connectivity index is 1.47. The molecule has 0 fully saturated rings. The van der Waals surface area contributed by atoms with Crippen LogP contribution in [0.3, 0.4) is 0 Å². The summed E-state index contributed by atoms with van der Waals surface area (Å²) in [7, 11) is 0. The highest BCUT2D eigenvalue weighted by atomic mass is 32.1. The summed E-state index contributed by atoms with van der Waals surface area (Å²) in [6.07, 6.45) is 0. The molecule has 0 amide bonds. The molecule has 0 radical (unpaired) electrons. The standard InChI is InChI=1S/C32H26N4S/c1-24(33-35-30(25-14-6-2-7-15-25)26-16-8-3-9-17-26)32-29(22-23-37-32)34-36-31(27-18-10-4-11-19-27)28-20-12-5-13-21-28/h2-23,34H,1H3. The van der Waals surface area contributed by atoms with Crippen LogP contribution in [0.5, 0.6) is 0 Å². The molecule has 1 aromatic heterocycles. The molecule has 5 rings (SSSR count). The molecule has 4 nitrogen and oxygen atoms in total. The van der Waals surface area contributed by atoms with Crippen molar-refractivity contribution in [2.45, 2.75) is 6.92 Å². The van der Waals surface area contributed by atoms with Crippen LogP contribution in [0, 0.1) is 0 Å². The van der Waals surface area contributed by atoms with Crippen LogP contribution in [0.4, 0.5) is 5.69 Å². The molecule has 0 aliphatic rings. The summed E-state index contributed by atoms with van der Waals surface area (Å²) in [5.41, 5.74) is 10.8. The SMILES string of the molecule is CC(=NN=C(c1ccccc1)c1ccccc1)c1sccc1NN=C(c1ccccc1)c1ccccc1. The maximum Gasteiger partial charge on any atom is 0.100 e. The average molecular weight is 499 g/mol. The van der Waals surface area contributed by atoms with Gasteiger partial charge in [0.1, 0.15) is 5.71 Å². The van der Waals surface area contributed by atoms with Gasteiger partial charge < -0.3 is 0 Å². The van der Waals surface area contributed by atoms with Crippen LogP contribution in [0.2, 0.25) is 0 Å². The fraction of sp³-hybridized carbons (Fsp3) is 0.0312. The van der Waals surface area contributed by atoms with Gasteiger partial charge in [0, 0.05) is 22.3 Å². The second-order valence-electron chi connectivity index (χ2n) is 8.33. The number of benzene rings is 4. The lowest BCUT2D eigenvalue weighted by Crippen LogP contribution is -2.07. The zero-order chi connectivity index (χ0) is 25.3.